The number of thioether (sulfide) groups is 2. The molecule has 1 aromatic rings. The summed E-state index contributed by atoms with van der Waals surface area (Å²) >= 11 is 3.21. The summed E-state index contributed by atoms with van der Waals surface area (Å²) in [7, 11) is 0. The predicted molar refractivity (Wildman–Crippen MR) is 105 cm³/mol. The second-order valence-corrected chi connectivity index (χ2v) is 8.27. The molecule has 0 aliphatic carbocycles. The highest BCUT2D eigenvalue weighted by atomic mass is 32.2. The van der Waals surface area contributed by atoms with Crippen molar-refractivity contribution in [3.05, 3.63) is 63.6 Å². The van der Waals surface area contributed by atoms with Gasteiger partial charge in [0.1, 0.15) is 6.61 Å². The molecule has 3 rings (SSSR count). The lowest BCUT2D eigenvalue weighted by atomic mass is 10.1. The number of esters is 1. The van der Waals surface area contributed by atoms with E-state index in [0.29, 0.717) is 12.0 Å². The van der Waals surface area contributed by atoms with Crippen LogP contribution in [0.15, 0.2) is 47.9 Å². The normalized spacial score (nSPS) is 22.3. The van der Waals surface area contributed by atoms with E-state index in [0.717, 1.165) is 16.4 Å². The summed E-state index contributed by atoms with van der Waals surface area (Å²) in [5, 5.41) is 10.7. The van der Waals surface area contributed by atoms with E-state index < -0.39 is 16.9 Å². The molecule has 0 bridgehead atoms. The third-order valence-electron chi connectivity index (χ3n) is 4.16. The van der Waals surface area contributed by atoms with Gasteiger partial charge < -0.3 is 9.64 Å². The van der Waals surface area contributed by atoms with Crippen LogP contribution in [0.5, 0.6) is 0 Å². The van der Waals surface area contributed by atoms with E-state index in [-0.39, 0.29) is 23.6 Å². The third-order valence-corrected chi connectivity index (χ3v) is 6.36. The highest BCUT2D eigenvalue weighted by molar-refractivity contribution is 8.04. The van der Waals surface area contributed by atoms with E-state index in [2.05, 4.69) is 6.58 Å². The molecule has 0 N–H and O–H groups in total. The maximum absolute atomic E-state index is 12.6. The molecule has 1 amide bonds. The first-order valence-electron chi connectivity index (χ1n) is 8.27. The lowest BCUT2D eigenvalue weighted by molar-refractivity contribution is -0.384. The van der Waals surface area contributed by atoms with E-state index in [1.807, 2.05) is 12.2 Å². The number of β-lactam (4-membered cyclic amide) rings is 1. The van der Waals surface area contributed by atoms with Crippen LogP contribution < -0.4 is 0 Å². The Kier molecular flexibility index (Phi) is 6.22. The van der Waals surface area contributed by atoms with E-state index in [9.17, 15) is 19.7 Å². The van der Waals surface area contributed by atoms with Crippen molar-refractivity contribution in [1.29, 1.82) is 0 Å². The molecule has 7 nitrogen and oxygen atoms in total. The molecule has 2 atom stereocenters. The number of nitro benzene ring substituents is 1. The number of carbonyl (C=O) groups excluding carboxylic acids is 2. The van der Waals surface area contributed by atoms with Crippen molar-refractivity contribution >= 4 is 41.1 Å². The molecule has 2 aliphatic rings. The number of non-ortho nitro benzene ring substituents is 1. The molecular formula is C18H18N2O5S2. The van der Waals surface area contributed by atoms with Gasteiger partial charge in [0.25, 0.3) is 5.69 Å². The van der Waals surface area contributed by atoms with Crippen LogP contribution in [0, 0.1) is 10.1 Å². The lowest BCUT2D eigenvalue weighted by Crippen LogP contribution is -2.54. The summed E-state index contributed by atoms with van der Waals surface area (Å²) in [5.41, 5.74) is 0.631. The summed E-state index contributed by atoms with van der Waals surface area (Å²) in [5.74, 6) is 1.02. The van der Waals surface area contributed by atoms with Gasteiger partial charge in [0, 0.05) is 28.5 Å². The Balaban J connectivity index is 1.64. The molecule has 0 spiro atoms. The molecule has 0 aromatic heterocycles. The number of ether oxygens (including phenoxy) is 1. The zero-order valence-corrected chi connectivity index (χ0v) is 16.0. The van der Waals surface area contributed by atoms with Gasteiger partial charge in [0.15, 0.2) is 6.04 Å². The summed E-state index contributed by atoms with van der Waals surface area (Å²) in [4.78, 5) is 37.2. The Morgan fingerprint density at radius 1 is 1.41 bits per heavy atom. The van der Waals surface area contributed by atoms with E-state index in [1.165, 1.54) is 23.9 Å². The summed E-state index contributed by atoms with van der Waals surface area (Å²) in [6.45, 7) is 3.68. The van der Waals surface area contributed by atoms with E-state index >= 15 is 0 Å². The molecule has 2 heterocycles. The van der Waals surface area contributed by atoms with Gasteiger partial charge >= 0.3 is 5.97 Å². The van der Waals surface area contributed by atoms with Crippen LogP contribution in [0.1, 0.15) is 12.0 Å². The van der Waals surface area contributed by atoms with Crippen LogP contribution in [-0.2, 0) is 20.9 Å². The zero-order valence-electron chi connectivity index (χ0n) is 14.4. The predicted octanol–water partition coefficient (Wildman–Crippen LogP) is 3.11. The molecule has 9 heteroatoms. The summed E-state index contributed by atoms with van der Waals surface area (Å²) in [6.07, 6.45) is 4.23. The van der Waals surface area contributed by atoms with Gasteiger partial charge in [0.05, 0.1) is 16.7 Å². The average molecular weight is 406 g/mol. The first-order chi connectivity index (χ1) is 13.0. The van der Waals surface area contributed by atoms with Crippen LogP contribution in [0.4, 0.5) is 5.69 Å². The fourth-order valence-corrected chi connectivity index (χ4v) is 4.91. The van der Waals surface area contributed by atoms with Gasteiger partial charge in [-0.15, -0.1) is 18.3 Å². The number of hydrogen-bond donors (Lipinski definition) is 0. The SMILES string of the molecule is C=CCSC/C=C1\SC2CC(=O)N2C1C(=O)OCc1ccc([N+](=O)[O-])cc1. The molecule has 0 radical (unpaired) electrons. The minimum Gasteiger partial charge on any atom is -0.459 e. The number of benzene rings is 1. The van der Waals surface area contributed by atoms with Crippen molar-refractivity contribution < 1.29 is 19.2 Å². The molecule has 0 saturated carbocycles. The van der Waals surface area contributed by atoms with Crippen LogP contribution >= 0.6 is 23.5 Å². The largest absolute Gasteiger partial charge is 0.459 e. The van der Waals surface area contributed by atoms with Gasteiger partial charge in [-0.1, -0.05) is 12.2 Å². The Morgan fingerprint density at radius 2 is 2.15 bits per heavy atom. The molecule has 1 aromatic carbocycles. The Labute approximate surface area is 165 Å². The quantitative estimate of drug-likeness (QED) is 0.164. The van der Waals surface area contributed by atoms with Crippen LogP contribution in [0.2, 0.25) is 0 Å². The third kappa shape index (κ3) is 4.36. The van der Waals surface area contributed by atoms with Crippen molar-refractivity contribution in [3.63, 3.8) is 0 Å². The van der Waals surface area contributed by atoms with Gasteiger partial charge in [0.2, 0.25) is 5.91 Å². The molecule has 2 unspecified atom stereocenters. The standard InChI is InChI=1S/C18H18N2O5S2/c1-2-8-26-9-7-14-17(19-15(21)10-16(19)27-14)18(22)25-11-12-3-5-13(6-4-12)20(23)24/h2-7,16-17H,1,8-11H2/b14-7-. The van der Waals surface area contributed by atoms with E-state index in [4.69, 9.17) is 4.74 Å². The molecule has 2 saturated heterocycles. The van der Waals surface area contributed by atoms with Crippen LogP contribution in [0.25, 0.3) is 0 Å². The van der Waals surface area contributed by atoms with Gasteiger partial charge in [-0.3, -0.25) is 14.9 Å². The molecule has 27 heavy (non-hydrogen) atoms. The number of carbonyl (C=O) groups is 2. The monoisotopic (exact) mass is 406 g/mol. The fraction of sp³-hybridized carbons (Fsp3) is 0.333. The number of nitro groups is 1. The number of rotatable bonds is 8. The second-order valence-electron chi connectivity index (χ2n) is 5.94. The van der Waals surface area contributed by atoms with Crippen molar-refractivity contribution in [2.75, 3.05) is 11.5 Å². The van der Waals surface area contributed by atoms with Crippen molar-refractivity contribution in [3.8, 4) is 0 Å². The van der Waals surface area contributed by atoms with Crippen molar-refractivity contribution in [2.24, 2.45) is 0 Å². The molecule has 142 valence electrons. The second kappa shape index (κ2) is 8.62. The Morgan fingerprint density at radius 3 is 2.78 bits per heavy atom. The lowest BCUT2D eigenvalue weighted by Gasteiger charge is -2.35. The van der Waals surface area contributed by atoms with Crippen molar-refractivity contribution in [2.45, 2.75) is 24.4 Å². The van der Waals surface area contributed by atoms with E-state index in [1.54, 1.807) is 28.8 Å². The Bertz CT molecular complexity index is 793. The minimum absolute atomic E-state index is 0.00316. The van der Waals surface area contributed by atoms with Crippen LogP contribution in [-0.4, -0.2) is 44.6 Å². The molecule has 2 aliphatic heterocycles. The highest BCUT2D eigenvalue weighted by Crippen LogP contribution is 2.47. The Hall–Kier alpha value is -2.26. The number of fused-ring (bicyclic) bond motifs is 1. The molecular weight excluding hydrogens is 388 g/mol. The number of nitrogens with zero attached hydrogens (tertiary/aromatic N) is 2. The van der Waals surface area contributed by atoms with Gasteiger partial charge in [-0.25, -0.2) is 4.79 Å². The summed E-state index contributed by atoms with van der Waals surface area (Å²) < 4.78 is 5.39. The van der Waals surface area contributed by atoms with Crippen molar-refractivity contribution in [1.82, 2.24) is 4.90 Å². The summed E-state index contributed by atoms with van der Waals surface area (Å²) in [6, 6.07) is 5.14. The number of amides is 1. The zero-order chi connectivity index (χ0) is 19.4. The maximum atomic E-state index is 12.6. The first-order valence-corrected chi connectivity index (χ1v) is 10.3. The topological polar surface area (TPSA) is 89.8 Å². The highest BCUT2D eigenvalue weighted by Gasteiger charge is 2.52. The minimum atomic E-state index is -0.691. The first kappa shape index (κ1) is 19.5. The van der Waals surface area contributed by atoms with Gasteiger partial charge in [-0.05, 0) is 17.7 Å². The smallest absolute Gasteiger partial charge is 0.334 e. The maximum Gasteiger partial charge on any atom is 0.334 e. The number of hydrogen-bond acceptors (Lipinski definition) is 7. The fourth-order valence-electron chi connectivity index (χ4n) is 2.80. The molecule has 2 fully saturated rings. The van der Waals surface area contributed by atoms with Crippen LogP contribution in [0.3, 0.4) is 0 Å². The van der Waals surface area contributed by atoms with Gasteiger partial charge in [-0.2, -0.15) is 11.8 Å². The average Bonchev–Trinajstić information content (AvgIpc) is 2.95.